The number of rotatable bonds is 7. The smallest absolute Gasteiger partial charge is 0.265 e. The lowest BCUT2D eigenvalue weighted by molar-refractivity contribution is -0.122. The summed E-state index contributed by atoms with van der Waals surface area (Å²) < 4.78 is 19.2. The average Bonchev–Trinajstić information content (AvgIpc) is 2.56. The Balaban J connectivity index is 0.00000312. The lowest BCUT2D eigenvalue weighted by Gasteiger charge is -2.17. The van der Waals surface area contributed by atoms with Crippen LogP contribution < -0.4 is 15.4 Å². The van der Waals surface area contributed by atoms with E-state index in [4.69, 9.17) is 4.74 Å². The van der Waals surface area contributed by atoms with Crippen LogP contribution in [0.15, 0.2) is 46.9 Å². The second-order valence-corrected chi connectivity index (χ2v) is 6.12. The van der Waals surface area contributed by atoms with Crippen molar-refractivity contribution in [3.05, 3.63) is 58.3 Å². The summed E-state index contributed by atoms with van der Waals surface area (Å²) >= 11 is 3.23. The maximum atomic E-state index is 13.1. The van der Waals surface area contributed by atoms with Crippen LogP contribution in [0.25, 0.3) is 0 Å². The van der Waals surface area contributed by atoms with Gasteiger partial charge in [-0.1, -0.05) is 25.1 Å². The molecule has 0 saturated carbocycles. The summed E-state index contributed by atoms with van der Waals surface area (Å²) in [5.74, 6) is -0.223. The molecule has 4 nitrogen and oxygen atoms in total. The van der Waals surface area contributed by atoms with Gasteiger partial charge < -0.3 is 15.4 Å². The molecule has 0 heterocycles. The Bertz CT molecular complexity index is 715. The first-order valence-electron chi connectivity index (χ1n) is 7.72. The molecular weight excluding hydrogens is 411 g/mol. The summed E-state index contributed by atoms with van der Waals surface area (Å²) in [7, 11) is 0. The Morgan fingerprint density at radius 1 is 1.28 bits per heavy atom. The molecule has 0 aromatic heterocycles. The lowest BCUT2D eigenvalue weighted by Crippen LogP contribution is -2.30. The normalized spacial score (nSPS) is 11.4. The number of para-hydroxylation sites is 1. The van der Waals surface area contributed by atoms with Crippen LogP contribution in [0.2, 0.25) is 0 Å². The highest BCUT2D eigenvalue weighted by Gasteiger charge is 2.17. The van der Waals surface area contributed by atoms with Crippen LogP contribution in [0.5, 0.6) is 5.75 Å². The number of ether oxygens (including phenoxy) is 1. The topological polar surface area (TPSA) is 50.4 Å². The summed E-state index contributed by atoms with van der Waals surface area (Å²) in [6, 6.07) is 11.7. The maximum Gasteiger partial charge on any atom is 0.265 e. The first-order chi connectivity index (χ1) is 11.5. The molecule has 0 fully saturated rings. The minimum atomic E-state index is -0.723. The van der Waals surface area contributed by atoms with Gasteiger partial charge in [0, 0.05) is 12.2 Å². The first kappa shape index (κ1) is 21.4. The van der Waals surface area contributed by atoms with E-state index in [1.54, 1.807) is 6.92 Å². The molecule has 2 aromatic carbocycles. The van der Waals surface area contributed by atoms with Gasteiger partial charge in [0.15, 0.2) is 6.10 Å². The highest BCUT2D eigenvalue weighted by atomic mass is 79.9. The fraction of sp³-hybridized carbons (Fsp3) is 0.278. The van der Waals surface area contributed by atoms with Gasteiger partial charge in [-0.25, -0.2) is 4.39 Å². The second-order valence-electron chi connectivity index (χ2n) is 5.26. The SMILES string of the molecule is CCNCc1ccccc1NC(=O)C(C)Oc1ccc(F)cc1Br.Cl. The number of amides is 1. The van der Waals surface area contributed by atoms with Crippen molar-refractivity contribution in [1.29, 1.82) is 0 Å². The van der Waals surface area contributed by atoms with Crippen LogP contribution >= 0.6 is 28.3 Å². The molecule has 0 saturated heterocycles. The number of carbonyl (C=O) groups is 1. The van der Waals surface area contributed by atoms with E-state index in [1.165, 1.54) is 18.2 Å². The van der Waals surface area contributed by atoms with Crippen LogP contribution in [0.4, 0.5) is 10.1 Å². The number of benzene rings is 2. The summed E-state index contributed by atoms with van der Waals surface area (Å²) in [4.78, 5) is 12.4. The second kappa shape index (κ2) is 10.4. The summed E-state index contributed by atoms with van der Waals surface area (Å²) in [6.07, 6.45) is -0.723. The van der Waals surface area contributed by atoms with Crippen molar-refractivity contribution < 1.29 is 13.9 Å². The molecule has 1 atom stereocenters. The monoisotopic (exact) mass is 430 g/mol. The number of anilines is 1. The average molecular weight is 432 g/mol. The highest BCUT2D eigenvalue weighted by molar-refractivity contribution is 9.10. The molecule has 0 bridgehead atoms. The zero-order valence-electron chi connectivity index (χ0n) is 14.0. The van der Waals surface area contributed by atoms with Gasteiger partial charge in [0.25, 0.3) is 5.91 Å². The zero-order chi connectivity index (χ0) is 17.5. The van der Waals surface area contributed by atoms with Gasteiger partial charge in [-0.2, -0.15) is 0 Å². The largest absolute Gasteiger partial charge is 0.480 e. The summed E-state index contributed by atoms with van der Waals surface area (Å²) in [6.45, 7) is 5.20. The molecule has 0 radical (unpaired) electrons. The van der Waals surface area contributed by atoms with Gasteiger partial charge in [0.05, 0.1) is 4.47 Å². The van der Waals surface area contributed by atoms with Crippen LogP contribution in [0.1, 0.15) is 19.4 Å². The molecule has 1 amide bonds. The molecule has 0 aliphatic rings. The first-order valence-corrected chi connectivity index (χ1v) is 8.51. The van der Waals surface area contributed by atoms with Crippen molar-refractivity contribution in [2.75, 3.05) is 11.9 Å². The molecule has 25 heavy (non-hydrogen) atoms. The zero-order valence-corrected chi connectivity index (χ0v) is 16.4. The molecule has 0 aliphatic heterocycles. The van der Waals surface area contributed by atoms with Crippen molar-refractivity contribution in [1.82, 2.24) is 5.32 Å². The summed E-state index contributed by atoms with van der Waals surface area (Å²) in [5, 5.41) is 6.11. The van der Waals surface area contributed by atoms with E-state index in [-0.39, 0.29) is 24.1 Å². The summed E-state index contributed by atoms with van der Waals surface area (Å²) in [5.41, 5.74) is 1.75. The predicted molar refractivity (Wildman–Crippen MR) is 104 cm³/mol. The van der Waals surface area contributed by atoms with Crippen LogP contribution in [-0.2, 0) is 11.3 Å². The molecule has 7 heteroatoms. The highest BCUT2D eigenvalue weighted by Crippen LogP contribution is 2.26. The Morgan fingerprint density at radius 3 is 2.68 bits per heavy atom. The van der Waals surface area contributed by atoms with E-state index in [1.807, 2.05) is 31.2 Å². The van der Waals surface area contributed by atoms with Gasteiger partial charge >= 0.3 is 0 Å². The Hall–Kier alpha value is -1.63. The number of nitrogens with one attached hydrogen (secondary N) is 2. The molecule has 0 aliphatic carbocycles. The van der Waals surface area contributed by atoms with E-state index in [9.17, 15) is 9.18 Å². The van der Waals surface area contributed by atoms with Crippen molar-refractivity contribution in [3.8, 4) is 5.75 Å². The van der Waals surface area contributed by atoms with Crippen LogP contribution in [0, 0.1) is 5.82 Å². The fourth-order valence-corrected chi connectivity index (χ4v) is 2.55. The van der Waals surface area contributed by atoms with Gasteiger partial charge in [0.1, 0.15) is 11.6 Å². The lowest BCUT2D eigenvalue weighted by atomic mass is 10.1. The van der Waals surface area contributed by atoms with Crippen molar-refractivity contribution in [3.63, 3.8) is 0 Å². The third kappa shape index (κ3) is 6.30. The maximum absolute atomic E-state index is 13.1. The number of carbonyl (C=O) groups excluding carboxylic acids is 1. The van der Waals surface area contributed by atoms with E-state index in [0.29, 0.717) is 16.8 Å². The third-order valence-electron chi connectivity index (χ3n) is 3.41. The van der Waals surface area contributed by atoms with Gasteiger partial charge in [-0.05, 0) is 59.2 Å². The van der Waals surface area contributed by atoms with Crippen molar-refractivity contribution in [2.45, 2.75) is 26.5 Å². The quantitative estimate of drug-likeness (QED) is 0.677. The van der Waals surface area contributed by atoms with Crippen LogP contribution in [0.3, 0.4) is 0 Å². The van der Waals surface area contributed by atoms with Crippen molar-refractivity contribution >= 4 is 39.9 Å². The fourth-order valence-electron chi connectivity index (χ4n) is 2.11. The van der Waals surface area contributed by atoms with Gasteiger partial charge in [-0.15, -0.1) is 12.4 Å². The molecule has 2 aromatic rings. The van der Waals surface area contributed by atoms with Gasteiger partial charge in [0.2, 0.25) is 0 Å². The molecule has 0 spiro atoms. The Labute approximate surface area is 161 Å². The molecule has 2 N–H and O–H groups in total. The standard InChI is InChI=1S/C18H20BrFN2O2.ClH/c1-3-21-11-13-6-4-5-7-16(13)22-18(23)12(2)24-17-9-8-14(20)10-15(17)19;/h4-10,12,21H,3,11H2,1-2H3,(H,22,23);1H. The van der Waals surface area contributed by atoms with E-state index < -0.39 is 6.10 Å². The van der Waals surface area contributed by atoms with E-state index in [2.05, 4.69) is 26.6 Å². The predicted octanol–water partition coefficient (Wildman–Crippen LogP) is 4.53. The number of hydrogen-bond acceptors (Lipinski definition) is 3. The molecule has 2 rings (SSSR count). The van der Waals surface area contributed by atoms with Crippen molar-refractivity contribution in [2.24, 2.45) is 0 Å². The van der Waals surface area contributed by atoms with Crippen LogP contribution in [-0.4, -0.2) is 18.6 Å². The molecule has 136 valence electrons. The minimum Gasteiger partial charge on any atom is -0.480 e. The van der Waals surface area contributed by atoms with E-state index >= 15 is 0 Å². The number of halogens is 3. The molecule has 1 unspecified atom stereocenters. The van der Waals surface area contributed by atoms with Gasteiger partial charge in [-0.3, -0.25) is 4.79 Å². The Kier molecular flexibility index (Phi) is 8.89. The minimum absolute atomic E-state index is 0. The molecular formula is C18H21BrClFN2O2. The Morgan fingerprint density at radius 2 is 2.00 bits per heavy atom. The third-order valence-corrected chi connectivity index (χ3v) is 4.03. The number of hydrogen-bond donors (Lipinski definition) is 2. The van der Waals surface area contributed by atoms with E-state index in [0.717, 1.165) is 17.8 Å².